The highest BCUT2D eigenvalue weighted by molar-refractivity contribution is 7.89. The van der Waals surface area contributed by atoms with E-state index in [9.17, 15) is 13.2 Å². The molecule has 3 rings (SSSR count). The second-order valence-corrected chi connectivity index (χ2v) is 8.60. The molecule has 1 amide bonds. The van der Waals surface area contributed by atoms with Crippen LogP contribution >= 0.6 is 12.4 Å². The molecule has 3 heterocycles. The van der Waals surface area contributed by atoms with Crippen LogP contribution < -0.4 is 10.6 Å². The molecule has 2 atom stereocenters. The molecule has 0 aromatic carbocycles. The Balaban J connectivity index is 0.00000225. The van der Waals surface area contributed by atoms with Crippen LogP contribution in [0.25, 0.3) is 0 Å². The number of sulfonamides is 1. The lowest BCUT2D eigenvalue weighted by atomic mass is 10.0. The van der Waals surface area contributed by atoms with Crippen LogP contribution in [-0.2, 0) is 10.0 Å². The van der Waals surface area contributed by atoms with E-state index in [2.05, 4.69) is 17.6 Å². The van der Waals surface area contributed by atoms with E-state index in [1.54, 1.807) is 6.92 Å². The van der Waals surface area contributed by atoms with Gasteiger partial charge in [0.2, 0.25) is 10.0 Å². The van der Waals surface area contributed by atoms with E-state index >= 15 is 0 Å². The first kappa shape index (κ1) is 20.2. The molecule has 7 nitrogen and oxygen atoms in total. The van der Waals surface area contributed by atoms with Gasteiger partial charge in [-0.15, -0.1) is 12.4 Å². The number of carbonyl (C=O) groups excluding carboxylic acids is 1. The maximum atomic E-state index is 12.7. The summed E-state index contributed by atoms with van der Waals surface area (Å²) in [5.41, 5.74) is 0. The topological polar surface area (TPSA) is 91.6 Å². The molecule has 0 radical (unpaired) electrons. The lowest BCUT2D eigenvalue weighted by Gasteiger charge is -2.28. The van der Waals surface area contributed by atoms with Crippen LogP contribution in [0, 0.1) is 6.92 Å². The molecule has 2 unspecified atom stereocenters. The predicted molar refractivity (Wildman–Crippen MR) is 96.6 cm³/mol. The zero-order chi connectivity index (χ0) is 17.3. The molecule has 2 saturated heterocycles. The van der Waals surface area contributed by atoms with E-state index < -0.39 is 10.0 Å². The molecular weight excluding hydrogens is 366 g/mol. The van der Waals surface area contributed by atoms with Gasteiger partial charge in [0.1, 0.15) is 10.7 Å². The second-order valence-electron chi connectivity index (χ2n) is 6.69. The first-order valence-corrected chi connectivity index (χ1v) is 9.97. The van der Waals surface area contributed by atoms with E-state index in [4.69, 9.17) is 4.42 Å². The normalized spacial score (nSPS) is 24.7. The highest BCUT2D eigenvalue weighted by Crippen LogP contribution is 2.26. The molecule has 142 valence electrons. The van der Waals surface area contributed by atoms with Gasteiger partial charge in [-0.2, -0.15) is 4.31 Å². The molecule has 0 aliphatic carbocycles. The lowest BCUT2D eigenvalue weighted by Crippen LogP contribution is -2.46. The predicted octanol–water partition coefficient (Wildman–Crippen LogP) is 1.66. The fraction of sp³-hybridized carbons (Fsp3) is 0.688. The van der Waals surface area contributed by atoms with E-state index in [1.165, 1.54) is 10.4 Å². The number of nitrogens with one attached hydrogen (secondary N) is 2. The molecule has 25 heavy (non-hydrogen) atoms. The van der Waals surface area contributed by atoms with Gasteiger partial charge in [0.05, 0.1) is 0 Å². The van der Waals surface area contributed by atoms with Crippen molar-refractivity contribution in [3.05, 3.63) is 17.6 Å². The zero-order valence-electron chi connectivity index (χ0n) is 14.6. The summed E-state index contributed by atoms with van der Waals surface area (Å²) in [6.45, 7) is 5.59. The number of piperidine rings is 1. The van der Waals surface area contributed by atoms with Crippen LogP contribution in [0.15, 0.2) is 15.4 Å². The summed E-state index contributed by atoms with van der Waals surface area (Å²) in [5, 5.41) is 6.28. The zero-order valence-corrected chi connectivity index (χ0v) is 16.2. The Morgan fingerprint density at radius 3 is 2.68 bits per heavy atom. The Bertz CT molecular complexity index is 713. The maximum absolute atomic E-state index is 12.7. The average molecular weight is 392 g/mol. The first-order chi connectivity index (χ1) is 11.4. The van der Waals surface area contributed by atoms with Crippen LogP contribution in [0.4, 0.5) is 0 Å². The Kier molecular flexibility index (Phi) is 6.53. The highest BCUT2D eigenvalue weighted by atomic mass is 35.5. The number of hydrogen-bond acceptors (Lipinski definition) is 5. The lowest BCUT2D eigenvalue weighted by molar-refractivity contribution is 0.0896. The van der Waals surface area contributed by atoms with Gasteiger partial charge in [0.15, 0.2) is 5.76 Å². The number of carbonyl (C=O) groups is 1. The van der Waals surface area contributed by atoms with Crippen molar-refractivity contribution in [1.29, 1.82) is 0 Å². The van der Waals surface area contributed by atoms with E-state index in [-0.39, 0.29) is 40.8 Å². The summed E-state index contributed by atoms with van der Waals surface area (Å²) in [4.78, 5) is 12.5. The molecule has 1 aromatic heterocycles. The van der Waals surface area contributed by atoms with Crippen molar-refractivity contribution < 1.29 is 17.6 Å². The third-order valence-electron chi connectivity index (χ3n) is 4.74. The largest absolute Gasteiger partial charge is 0.455 e. The molecule has 2 N–H and O–H groups in total. The summed E-state index contributed by atoms with van der Waals surface area (Å²) >= 11 is 0. The minimum absolute atomic E-state index is 0. The minimum Gasteiger partial charge on any atom is -0.455 e. The molecule has 0 spiro atoms. The molecule has 2 aliphatic heterocycles. The fourth-order valence-corrected chi connectivity index (χ4v) is 5.10. The summed E-state index contributed by atoms with van der Waals surface area (Å²) < 4.78 is 32.2. The van der Waals surface area contributed by atoms with Gasteiger partial charge in [0.25, 0.3) is 5.91 Å². The Labute approximate surface area is 155 Å². The van der Waals surface area contributed by atoms with E-state index in [1.807, 2.05) is 0 Å². The van der Waals surface area contributed by atoms with E-state index in [0.717, 1.165) is 32.2 Å². The van der Waals surface area contributed by atoms with Gasteiger partial charge >= 0.3 is 0 Å². The minimum atomic E-state index is -3.57. The summed E-state index contributed by atoms with van der Waals surface area (Å²) in [5.74, 6) is -0.0118. The fourth-order valence-electron chi connectivity index (χ4n) is 3.42. The van der Waals surface area contributed by atoms with Gasteiger partial charge in [0, 0.05) is 31.2 Å². The molecular formula is C16H26ClN3O4S. The third kappa shape index (κ3) is 4.36. The average Bonchev–Trinajstić information content (AvgIpc) is 3.17. The van der Waals surface area contributed by atoms with Gasteiger partial charge in [-0.3, -0.25) is 4.79 Å². The van der Waals surface area contributed by atoms with E-state index in [0.29, 0.717) is 19.1 Å². The first-order valence-electron chi connectivity index (χ1n) is 8.53. The van der Waals surface area contributed by atoms with Crippen LogP contribution in [0.1, 0.15) is 48.9 Å². The third-order valence-corrected chi connectivity index (χ3v) is 6.74. The van der Waals surface area contributed by atoms with Gasteiger partial charge in [-0.1, -0.05) is 0 Å². The van der Waals surface area contributed by atoms with Crippen LogP contribution in [-0.4, -0.2) is 50.3 Å². The van der Waals surface area contributed by atoms with Crippen molar-refractivity contribution in [3.63, 3.8) is 0 Å². The Morgan fingerprint density at radius 1 is 1.36 bits per heavy atom. The molecule has 9 heteroatoms. The number of furan rings is 1. The Morgan fingerprint density at radius 2 is 2.04 bits per heavy atom. The summed E-state index contributed by atoms with van der Waals surface area (Å²) in [7, 11) is -3.57. The number of halogens is 1. The van der Waals surface area contributed by atoms with Gasteiger partial charge in [-0.25, -0.2) is 8.42 Å². The van der Waals surface area contributed by atoms with Gasteiger partial charge in [-0.05, 0) is 46.1 Å². The van der Waals surface area contributed by atoms with Crippen LogP contribution in [0.3, 0.4) is 0 Å². The number of amides is 1. The number of aryl methyl sites for hydroxylation is 1. The Hall–Kier alpha value is -1.09. The number of hydrogen-bond donors (Lipinski definition) is 2. The van der Waals surface area contributed by atoms with Crippen molar-refractivity contribution >= 4 is 28.3 Å². The summed E-state index contributed by atoms with van der Waals surface area (Å²) in [6.07, 6.45) is 3.45. The maximum Gasteiger partial charge on any atom is 0.287 e. The quantitative estimate of drug-likeness (QED) is 0.814. The number of nitrogens with zero attached hydrogens (tertiary/aromatic N) is 1. The van der Waals surface area contributed by atoms with Crippen molar-refractivity contribution in [2.45, 2.75) is 56.5 Å². The monoisotopic (exact) mass is 391 g/mol. The van der Waals surface area contributed by atoms with Crippen LogP contribution in [0.2, 0.25) is 0 Å². The number of rotatable bonds is 4. The van der Waals surface area contributed by atoms with Gasteiger partial charge < -0.3 is 15.1 Å². The molecule has 2 aliphatic rings. The van der Waals surface area contributed by atoms with Crippen molar-refractivity contribution in [2.75, 3.05) is 19.6 Å². The highest BCUT2D eigenvalue weighted by Gasteiger charge is 2.32. The van der Waals surface area contributed by atoms with Crippen LogP contribution in [0.5, 0.6) is 0 Å². The smallest absolute Gasteiger partial charge is 0.287 e. The molecule has 0 bridgehead atoms. The SMILES string of the molecule is Cc1oc(C(=O)NC2CCNC(C)C2)cc1S(=O)(=O)N1CCCC1.Cl. The molecule has 2 fully saturated rings. The van der Waals surface area contributed by atoms with Crippen molar-refractivity contribution in [1.82, 2.24) is 14.9 Å². The molecule has 0 saturated carbocycles. The van der Waals surface area contributed by atoms with Crippen molar-refractivity contribution in [2.24, 2.45) is 0 Å². The standard InChI is InChI=1S/C16H25N3O4S.ClH/c1-11-9-13(5-6-17-11)18-16(20)14-10-15(12(2)23-14)24(21,22)19-7-3-4-8-19;/h10-11,13,17H,3-9H2,1-2H3,(H,18,20);1H. The molecule has 1 aromatic rings. The second kappa shape index (κ2) is 8.07. The van der Waals surface area contributed by atoms with Crippen molar-refractivity contribution in [3.8, 4) is 0 Å². The summed E-state index contributed by atoms with van der Waals surface area (Å²) in [6, 6.07) is 1.80.